The molecule has 1 aromatic heterocycles. The summed E-state index contributed by atoms with van der Waals surface area (Å²) in [6.07, 6.45) is 0. The van der Waals surface area contributed by atoms with Crippen molar-refractivity contribution in [3.8, 4) is 5.75 Å². The van der Waals surface area contributed by atoms with Gasteiger partial charge >= 0.3 is 5.97 Å². The molecule has 2 rings (SSSR count). The van der Waals surface area contributed by atoms with Crippen LogP contribution in [0.25, 0.3) is 5.57 Å². The molecular weight excluding hydrogens is 263 g/mol. The molecule has 0 fully saturated rings. The first-order chi connectivity index (χ1) is 9.47. The molecule has 1 heterocycles. The van der Waals surface area contributed by atoms with Gasteiger partial charge in [-0.1, -0.05) is 6.58 Å². The molecular formula is C13H13FN4O2. The third kappa shape index (κ3) is 3.05. The van der Waals surface area contributed by atoms with Gasteiger partial charge in [-0.2, -0.15) is 4.80 Å². The molecule has 20 heavy (non-hydrogen) atoms. The lowest BCUT2D eigenvalue weighted by atomic mass is 10.3. The van der Waals surface area contributed by atoms with E-state index in [1.807, 2.05) is 13.8 Å². The van der Waals surface area contributed by atoms with Crippen LogP contribution in [0.2, 0.25) is 0 Å². The zero-order chi connectivity index (χ0) is 14.7. The molecule has 0 bridgehead atoms. The fourth-order valence-electron chi connectivity index (χ4n) is 1.33. The van der Waals surface area contributed by atoms with Crippen molar-refractivity contribution in [3.05, 3.63) is 42.5 Å². The Morgan fingerprint density at radius 1 is 1.35 bits per heavy atom. The average Bonchev–Trinajstić information content (AvgIpc) is 2.90. The molecule has 0 aliphatic heterocycles. The molecule has 0 saturated carbocycles. The molecule has 0 aliphatic carbocycles. The van der Waals surface area contributed by atoms with E-state index >= 15 is 0 Å². The Morgan fingerprint density at radius 3 is 2.55 bits per heavy atom. The smallest absolute Gasteiger partial charge is 0.346 e. The Morgan fingerprint density at radius 2 is 2.00 bits per heavy atom. The van der Waals surface area contributed by atoms with Gasteiger partial charge in [-0.05, 0) is 43.3 Å². The Bertz CT molecular complexity index is 634. The van der Waals surface area contributed by atoms with E-state index in [0.717, 1.165) is 0 Å². The lowest BCUT2D eigenvalue weighted by Crippen LogP contribution is -2.11. The SMILES string of the molecule is C=C(C(=O)Oc1ccc(F)cc1)c1nnn(C(C)C)n1. The zero-order valence-electron chi connectivity index (χ0n) is 11.1. The van der Waals surface area contributed by atoms with E-state index in [1.54, 1.807) is 0 Å². The number of hydrogen-bond acceptors (Lipinski definition) is 5. The van der Waals surface area contributed by atoms with E-state index in [1.165, 1.54) is 29.1 Å². The quantitative estimate of drug-likeness (QED) is 0.485. The minimum Gasteiger partial charge on any atom is -0.423 e. The van der Waals surface area contributed by atoms with E-state index < -0.39 is 11.8 Å². The van der Waals surface area contributed by atoms with Gasteiger partial charge in [-0.25, -0.2) is 9.18 Å². The monoisotopic (exact) mass is 276 g/mol. The van der Waals surface area contributed by atoms with E-state index in [9.17, 15) is 9.18 Å². The largest absolute Gasteiger partial charge is 0.423 e. The van der Waals surface area contributed by atoms with Crippen LogP contribution in [-0.2, 0) is 4.79 Å². The van der Waals surface area contributed by atoms with Gasteiger partial charge < -0.3 is 4.74 Å². The van der Waals surface area contributed by atoms with Gasteiger partial charge in [0, 0.05) is 0 Å². The van der Waals surface area contributed by atoms with Crippen LogP contribution in [0.15, 0.2) is 30.8 Å². The van der Waals surface area contributed by atoms with Gasteiger partial charge in [0.1, 0.15) is 17.1 Å². The summed E-state index contributed by atoms with van der Waals surface area (Å²) in [5.41, 5.74) is -0.0128. The fourth-order valence-corrected chi connectivity index (χ4v) is 1.33. The highest BCUT2D eigenvalue weighted by Gasteiger charge is 2.18. The van der Waals surface area contributed by atoms with E-state index in [-0.39, 0.29) is 23.2 Å². The number of halogens is 1. The molecule has 0 unspecified atom stereocenters. The van der Waals surface area contributed by atoms with Crippen LogP contribution in [0.3, 0.4) is 0 Å². The summed E-state index contributed by atoms with van der Waals surface area (Å²) in [6.45, 7) is 7.34. The maximum absolute atomic E-state index is 12.7. The molecule has 0 amide bonds. The van der Waals surface area contributed by atoms with Crippen molar-refractivity contribution in [2.75, 3.05) is 0 Å². The summed E-state index contributed by atoms with van der Waals surface area (Å²) in [4.78, 5) is 13.2. The first-order valence-corrected chi connectivity index (χ1v) is 5.94. The van der Waals surface area contributed by atoms with Crippen molar-refractivity contribution in [2.45, 2.75) is 19.9 Å². The molecule has 0 spiro atoms. The standard InChI is InChI=1S/C13H13FN4O2/c1-8(2)18-16-12(15-17-18)9(3)13(19)20-11-6-4-10(14)5-7-11/h4-8H,3H2,1-2H3. The number of nitrogens with zero attached hydrogens (tertiary/aromatic N) is 4. The number of ether oxygens (including phenoxy) is 1. The molecule has 104 valence electrons. The van der Waals surface area contributed by atoms with E-state index in [2.05, 4.69) is 22.0 Å². The second-order valence-electron chi connectivity index (χ2n) is 4.35. The van der Waals surface area contributed by atoms with E-state index in [4.69, 9.17) is 4.74 Å². The third-order valence-corrected chi connectivity index (χ3v) is 2.43. The summed E-state index contributed by atoms with van der Waals surface area (Å²) >= 11 is 0. The van der Waals surface area contributed by atoms with Crippen LogP contribution in [0.1, 0.15) is 25.7 Å². The molecule has 7 heteroatoms. The second-order valence-corrected chi connectivity index (χ2v) is 4.35. The Hall–Kier alpha value is -2.57. The van der Waals surface area contributed by atoms with Crippen molar-refractivity contribution in [1.29, 1.82) is 0 Å². The summed E-state index contributed by atoms with van der Waals surface area (Å²) in [7, 11) is 0. The lowest BCUT2D eigenvalue weighted by Gasteiger charge is -2.04. The van der Waals surface area contributed by atoms with Crippen LogP contribution in [0, 0.1) is 5.82 Å². The number of tetrazole rings is 1. The minimum atomic E-state index is -0.708. The fraction of sp³-hybridized carbons (Fsp3) is 0.231. The van der Waals surface area contributed by atoms with Crippen molar-refractivity contribution < 1.29 is 13.9 Å². The summed E-state index contributed by atoms with van der Waals surface area (Å²) < 4.78 is 17.8. The number of rotatable bonds is 4. The first kappa shape index (κ1) is 13.9. The molecule has 2 aromatic rings. The van der Waals surface area contributed by atoms with Crippen LogP contribution < -0.4 is 4.74 Å². The van der Waals surface area contributed by atoms with Gasteiger partial charge in [0.15, 0.2) is 0 Å². The average molecular weight is 276 g/mol. The summed E-state index contributed by atoms with van der Waals surface area (Å²) in [5.74, 6) is -0.801. The molecule has 0 radical (unpaired) electrons. The third-order valence-electron chi connectivity index (χ3n) is 2.43. The van der Waals surface area contributed by atoms with Crippen molar-refractivity contribution >= 4 is 11.5 Å². The Kier molecular flexibility index (Phi) is 3.88. The van der Waals surface area contributed by atoms with Crippen molar-refractivity contribution in [2.24, 2.45) is 0 Å². The molecule has 0 N–H and O–H groups in total. The van der Waals surface area contributed by atoms with Crippen molar-refractivity contribution in [3.63, 3.8) is 0 Å². The van der Waals surface area contributed by atoms with Gasteiger partial charge in [0.05, 0.1) is 6.04 Å². The van der Waals surface area contributed by atoms with Crippen LogP contribution >= 0.6 is 0 Å². The predicted octanol–water partition coefficient (Wildman–Crippen LogP) is 2.01. The number of carbonyl (C=O) groups excluding carboxylic acids is 1. The summed E-state index contributed by atoms with van der Waals surface area (Å²) in [6, 6.07) is 5.10. The topological polar surface area (TPSA) is 69.9 Å². The maximum Gasteiger partial charge on any atom is 0.346 e. The highest BCUT2D eigenvalue weighted by molar-refractivity contribution is 6.15. The predicted molar refractivity (Wildman–Crippen MR) is 69.3 cm³/mol. The second kappa shape index (κ2) is 5.60. The van der Waals surface area contributed by atoms with E-state index in [0.29, 0.717) is 0 Å². The van der Waals surface area contributed by atoms with Crippen LogP contribution in [0.5, 0.6) is 5.75 Å². The normalized spacial score (nSPS) is 10.6. The molecule has 0 saturated heterocycles. The maximum atomic E-state index is 12.7. The zero-order valence-corrected chi connectivity index (χ0v) is 11.1. The number of benzene rings is 1. The van der Waals surface area contributed by atoms with Gasteiger partial charge in [0.25, 0.3) is 0 Å². The van der Waals surface area contributed by atoms with Crippen LogP contribution in [-0.4, -0.2) is 26.2 Å². The molecule has 6 nitrogen and oxygen atoms in total. The van der Waals surface area contributed by atoms with Gasteiger partial charge in [-0.3, -0.25) is 0 Å². The highest BCUT2D eigenvalue weighted by atomic mass is 19.1. The number of carbonyl (C=O) groups is 1. The number of aromatic nitrogens is 4. The Labute approximate surface area is 114 Å². The molecule has 0 aliphatic rings. The lowest BCUT2D eigenvalue weighted by molar-refractivity contribution is -0.127. The summed E-state index contributed by atoms with van der Waals surface area (Å²) in [5, 5.41) is 11.6. The highest BCUT2D eigenvalue weighted by Crippen LogP contribution is 2.15. The Balaban J connectivity index is 2.08. The molecule has 1 aromatic carbocycles. The molecule has 0 atom stereocenters. The van der Waals surface area contributed by atoms with Gasteiger partial charge in [-0.15, -0.1) is 10.2 Å². The number of esters is 1. The van der Waals surface area contributed by atoms with Crippen molar-refractivity contribution in [1.82, 2.24) is 20.2 Å². The van der Waals surface area contributed by atoms with Crippen LogP contribution in [0.4, 0.5) is 4.39 Å². The van der Waals surface area contributed by atoms with Gasteiger partial charge in [0.2, 0.25) is 5.82 Å². The first-order valence-electron chi connectivity index (χ1n) is 5.94. The minimum absolute atomic E-state index is 0.0128. The number of hydrogen-bond donors (Lipinski definition) is 0.